The summed E-state index contributed by atoms with van der Waals surface area (Å²) in [6.45, 7) is 4.37. The summed E-state index contributed by atoms with van der Waals surface area (Å²) in [4.78, 5) is 25.4. The van der Waals surface area contributed by atoms with E-state index in [9.17, 15) is 18.0 Å². The van der Waals surface area contributed by atoms with Gasteiger partial charge >= 0.3 is 0 Å². The topological polar surface area (TPSA) is 93.2 Å². The molecule has 9 heteroatoms. The van der Waals surface area contributed by atoms with Gasteiger partial charge in [-0.15, -0.1) is 0 Å². The molecule has 2 heterocycles. The van der Waals surface area contributed by atoms with Crippen molar-refractivity contribution < 1.29 is 27.5 Å². The predicted octanol–water partition coefficient (Wildman–Crippen LogP) is 1.54. The van der Waals surface area contributed by atoms with Crippen molar-refractivity contribution in [2.45, 2.75) is 43.5 Å². The van der Waals surface area contributed by atoms with Gasteiger partial charge < -0.3 is 9.47 Å². The number of benzene rings is 1. The molecule has 3 rings (SSSR count). The predicted molar refractivity (Wildman–Crippen MR) is 98.1 cm³/mol. The second-order valence-corrected chi connectivity index (χ2v) is 9.08. The second kappa shape index (κ2) is 7.21. The Bertz CT molecular complexity index is 849. The molecule has 1 aromatic rings. The number of rotatable bonds is 4. The second-order valence-electron chi connectivity index (χ2n) is 7.25. The largest absolute Gasteiger partial charge is 0.495 e. The van der Waals surface area contributed by atoms with Crippen LogP contribution in [0.2, 0.25) is 0 Å². The minimum absolute atomic E-state index is 0.0661. The van der Waals surface area contributed by atoms with Crippen LogP contribution in [0.1, 0.15) is 33.1 Å². The molecule has 2 aliphatic heterocycles. The SMILES string of the molecule is COc1ccc(N2C(=O)CCCC2=O)cc1S(=O)(=O)N1CCOCC1(C)C. The molecule has 2 amide bonds. The Morgan fingerprint density at radius 3 is 2.41 bits per heavy atom. The lowest BCUT2D eigenvalue weighted by molar-refractivity contribution is -0.129. The van der Waals surface area contributed by atoms with E-state index in [-0.39, 0.29) is 54.1 Å². The van der Waals surface area contributed by atoms with E-state index in [2.05, 4.69) is 0 Å². The van der Waals surface area contributed by atoms with Crippen molar-refractivity contribution in [2.24, 2.45) is 0 Å². The maximum atomic E-state index is 13.4. The number of morpholine rings is 1. The van der Waals surface area contributed by atoms with Gasteiger partial charge in [-0.05, 0) is 38.5 Å². The molecule has 8 nitrogen and oxygen atoms in total. The van der Waals surface area contributed by atoms with Crippen LogP contribution in [-0.2, 0) is 24.3 Å². The van der Waals surface area contributed by atoms with Crippen molar-refractivity contribution in [3.8, 4) is 5.75 Å². The molecular weight excluding hydrogens is 372 g/mol. The molecule has 1 aromatic carbocycles. The zero-order valence-electron chi connectivity index (χ0n) is 15.7. The summed E-state index contributed by atoms with van der Waals surface area (Å²) >= 11 is 0. The van der Waals surface area contributed by atoms with E-state index in [1.54, 1.807) is 13.8 Å². The number of imide groups is 1. The summed E-state index contributed by atoms with van der Waals surface area (Å²) < 4.78 is 38.8. The van der Waals surface area contributed by atoms with Crippen LogP contribution in [0.5, 0.6) is 5.75 Å². The lowest BCUT2D eigenvalue weighted by Gasteiger charge is -2.41. The summed E-state index contributed by atoms with van der Waals surface area (Å²) in [6, 6.07) is 4.36. The summed E-state index contributed by atoms with van der Waals surface area (Å²) in [5.74, 6) is -0.490. The van der Waals surface area contributed by atoms with Gasteiger partial charge in [0.05, 0.1) is 31.5 Å². The fourth-order valence-corrected chi connectivity index (χ4v) is 5.39. The van der Waals surface area contributed by atoms with Crippen LogP contribution in [0.3, 0.4) is 0 Å². The van der Waals surface area contributed by atoms with E-state index in [1.807, 2.05) is 0 Å². The van der Waals surface area contributed by atoms with Crippen LogP contribution in [0.15, 0.2) is 23.1 Å². The number of carbonyl (C=O) groups is 2. The first-order chi connectivity index (χ1) is 12.7. The molecule has 0 bridgehead atoms. The Hall–Kier alpha value is -1.97. The molecule has 2 aliphatic rings. The monoisotopic (exact) mass is 396 g/mol. The van der Waals surface area contributed by atoms with E-state index >= 15 is 0 Å². The highest BCUT2D eigenvalue weighted by Crippen LogP contribution is 2.35. The van der Waals surface area contributed by atoms with Gasteiger partial charge in [-0.1, -0.05) is 0 Å². The van der Waals surface area contributed by atoms with Gasteiger partial charge in [-0.2, -0.15) is 4.31 Å². The van der Waals surface area contributed by atoms with Crippen molar-refractivity contribution in [2.75, 3.05) is 31.8 Å². The lowest BCUT2D eigenvalue weighted by Crippen LogP contribution is -2.55. The molecule has 0 spiro atoms. The number of sulfonamides is 1. The third-order valence-corrected chi connectivity index (χ3v) is 6.95. The molecule has 0 aromatic heterocycles. The zero-order valence-corrected chi connectivity index (χ0v) is 16.5. The first-order valence-electron chi connectivity index (χ1n) is 8.83. The molecule has 2 fully saturated rings. The van der Waals surface area contributed by atoms with E-state index in [4.69, 9.17) is 9.47 Å². The number of nitrogens with zero attached hydrogens (tertiary/aromatic N) is 2. The first kappa shape index (κ1) is 19.8. The number of carbonyl (C=O) groups excluding carboxylic acids is 2. The van der Waals surface area contributed by atoms with Crippen LogP contribution in [-0.4, -0.2) is 56.9 Å². The highest BCUT2D eigenvalue weighted by Gasteiger charge is 2.41. The summed E-state index contributed by atoms with van der Waals surface area (Å²) in [7, 11) is -2.54. The Balaban J connectivity index is 2.08. The number of amides is 2. The molecule has 0 N–H and O–H groups in total. The molecule has 0 saturated carbocycles. The van der Waals surface area contributed by atoms with Crippen molar-refractivity contribution in [3.05, 3.63) is 18.2 Å². The zero-order chi connectivity index (χ0) is 19.8. The van der Waals surface area contributed by atoms with E-state index in [0.29, 0.717) is 13.0 Å². The molecule has 0 unspecified atom stereocenters. The number of anilines is 1. The third kappa shape index (κ3) is 3.59. The first-order valence-corrected chi connectivity index (χ1v) is 10.3. The molecule has 0 aliphatic carbocycles. The molecular formula is C18H24N2O6S. The van der Waals surface area contributed by atoms with Crippen molar-refractivity contribution in [1.29, 1.82) is 0 Å². The highest BCUT2D eigenvalue weighted by atomic mass is 32.2. The van der Waals surface area contributed by atoms with Gasteiger partial charge in [0.15, 0.2) is 0 Å². The van der Waals surface area contributed by atoms with Crippen LogP contribution in [0.25, 0.3) is 0 Å². The fourth-order valence-electron chi connectivity index (χ4n) is 3.46. The average molecular weight is 396 g/mol. The number of hydrogen-bond acceptors (Lipinski definition) is 6. The fraction of sp³-hybridized carbons (Fsp3) is 0.556. The average Bonchev–Trinajstić information content (AvgIpc) is 2.61. The molecule has 2 saturated heterocycles. The van der Waals surface area contributed by atoms with Crippen LogP contribution in [0, 0.1) is 0 Å². The quantitative estimate of drug-likeness (QED) is 0.717. The highest BCUT2D eigenvalue weighted by molar-refractivity contribution is 7.89. The smallest absolute Gasteiger partial charge is 0.247 e. The van der Waals surface area contributed by atoms with Crippen LogP contribution >= 0.6 is 0 Å². The number of piperidine rings is 1. The van der Waals surface area contributed by atoms with Gasteiger partial charge in [0.25, 0.3) is 0 Å². The third-order valence-electron chi connectivity index (χ3n) is 4.82. The maximum absolute atomic E-state index is 13.4. The summed E-state index contributed by atoms with van der Waals surface area (Å²) in [6.07, 6.45) is 1.03. The van der Waals surface area contributed by atoms with Gasteiger partial charge in [-0.25, -0.2) is 8.42 Å². The van der Waals surface area contributed by atoms with E-state index in [1.165, 1.54) is 29.6 Å². The van der Waals surface area contributed by atoms with Gasteiger partial charge in [-0.3, -0.25) is 14.5 Å². The molecule has 0 radical (unpaired) electrons. The van der Waals surface area contributed by atoms with Gasteiger partial charge in [0.2, 0.25) is 21.8 Å². The Kier molecular flexibility index (Phi) is 5.29. The number of ether oxygens (including phenoxy) is 2. The Morgan fingerprint density at radius 2 is 1.81 bits per heavy atom. The van der Waals surface area contributed by atoms with Crippen LogP contribution < -0.4 is 9.64 Å². The minimum Gasteiger partial charge on any atom is -0.495 e. The summed E-state index contributed by atoms with van der Waals surface area (Å²) in [5, 5.41) is 0. The van der Waals surface area contributed by atoms with Crippen molar-refractivity contribution in [1.82, 2.24) is 4.31 Å². The van der Waals surface area contributed by atoms with E-state index < -0.39 is 15.6 Å². The number of methoxy groups -OCH3 is 1. The van der Waals surface area contributed by atoms with Gasteiger partial charge in [0, 0.05) is 19.4 Å². The van der Waals surface area contributed by atoms with E-state index in [0.717, 1.165) is 4.90 Å². The van der Waals surface area contributed by atoms with Crippen LogP contribution in [0.4, 0.5) is 5.69 Å². The number of hydrogen-bond donors (Lipinski definition) is 0. The molecule has 27 heavy (non-hydrogen) atoms. The normalized spacial score (nSPS) is 21.4. The van der Waals surface area contributed by atoms with Gasteiger partial charge in [0.1, 0.15) is 10.6 Å². The minimum atomic E-state index is -3.93. The standard InChI is InChI=1S/C18H24N2O6S/c1-18(2)12-26-10-9-19(18)27(23,24)15-11-13(7-8-14(15)25-3)20-16(21)5-4-6-17(20)22/h7-8,11H,4-6,9-10,12H2,1-3H3. The maximum Gasteiger partial charge on any atom is 0.247 e. The molecule has 148 valence electrons. The van der Waals surface area contributed by atoms with Crippen molar-refractivity contribution in [3.63, 3.8) is 0 Å². The molecule has 0 atom stereocenters. The summed E-state index contributed by atoms with van der Waals surface area (Å²) in [5.41, 5.74) is -0.482. The lowest BCUT2D eigenvalue weighted by atomic mass is 10.1. The Morgan fingerprint density at radius 1 is 1.15 bits per heavy atom. The van der Waals surface area contributed by atoms with Crippen molar-refractivity contribution >= 4 is 27.5 Å². The Labute approximate surface area is 159 Å².